The smallest absolute Gasteiger partial charge is 0.125 e. The molecule has 0 atom stereocenters. The monoisotopic (exact) mass is 272 g/mol. The maximum absolute atomic E-state index is 13.7. The summed E-state index contributed by atoms with van der Waals surface area (Å²) in [5.41, 5.74) is 5.32. The third-order valence-electron chi connectivity index (χ3n) is 3.42. The van der Waals surface area contributed by atoms with Gasteiger partial charge in [0.15, 0.2) is 0 Å². The van der Waals surface area contributed by atoms with E-state index in [1.807, 2.05) is 25.1 Å². The van der Waals surface area contributed by atoms with Crippen LogP contribution in [0.3, 0.4) is 0 Å². The van der Waals surface area contributed by atoms with Gasteiger partial charge in [-0.2, -0.15) is 0 Å². The number of benzene rings is 2. The Bertz CT molecular complexity index is 608. The topological polar surface area (TPSA) is 15.3 Å². The molecule has 0 saturated carbocycles. The van der Waals surface area contributed by atoms with Crippen molar-refractivity contribution in [2.24, 2.45) is 0 Å². The van der Waals surface area contributed by atoms with Crippen molar-refractivity contribution in [3.05, 3.63) is 58.9 Å². The Hall–Kier alpha value is -1.87. The van der Waals surface area contributed by atoms with Crippen LogP contribution in [-0.4, -0.2) is 14.1 Å². The van der Waals surface area contributed by atoms with E-state index in [1.54, 1.807) is 12.1 Å². The zero-order valence-corrected chi connectivity index (χ0v) is 12.5. The van der Waals surface area contributed by atoms with E-state index in [0.29, 0.717) is 6.54 Å². The second-order valence-corrected chi connectivity index (χ2v) is 5.20. The van der Waals surface area contributed by atoms with Crippen LogP contribution >= 0.6 is 0 Å². The van der Waals surface area contributed by atoms with Crippen molar-refractivity contribution in [2.45, 2.75) is 20.4 Å². The minimum atomic E-state index is -0.204. The molecule has 0 aliphatic rings. The van der Waals surface area contributed by atoms with Crippen LogP contribution in [0.4, 0.5) is 15.8 Å². The highest BCUT2D eigenvalue weighted by Gasteiger charge is 2.09. The Balaban J connectivity index is 2.39. The second-order valence-electron chi connectivity index (χ2n) is 5.20. The molecule has 3 heteroatoms. The first-order chi connectivity index (χ1) is 9.51. The maximum Gasteiger partial charge on any atom is 0.125 e. The van der Waals surface area contributed by atoms with Gasteiger partial charge in [0.2, 0.25) is 0 Å². The molecule has 0 aliphatic carbocycles. The number of hydrogen-bond donors (Lipinski definition) is 1. The molecule has 0 radical (unpaired) electrons. The predicted octanol–water partition coefficient (Wildman–Crippen LogP) is 3.93. The summed E-state index contributed by atoms with van der Waals surface area (Å²) in [4.78, 5) is 2.02. The molecule has 0 saturated heterocycles. The second kappa shape index (κ2) is 6.06. The molecule has 0 bridgehead atoms. The molecule has 0 fully saturated rings. The number of nitrogens with one attached hydrogen (secondary N) is 1. The van der Waals surface area contributed by atoms with Gasteiger partial charge >= 0.3 is 0 Å². The molecule has 0 aromatic heterocycles. The summed E-state index contributed by atoms with van der Waals surface area (Å²) in [6.45, 7) is 4.81. The number of halogens is 1. The number of rotatable bonds is 4. The Morgan fingerprint density at radius 2 is 1.85 bits per heavy atom. The fourth-order valence-corrected chi connectivity index (χ4v) is 2.45. The summed E-state index contributed by atoms with van der Waals surface area (Å²) in [5.74, 6) is -0.204. The summed E-state index contributed by atoms with van der Waals surface area (Å²) in [6, 6.07) is 11.4. The number of nitrogens with zero attached hydrogens (tertiary/aromatic N) is 1. The van der Waals surface area contributed by atoms with Gasteiger partial charge in [-0.15, -0.1) is 0 Å². The standard InChI is InChI=1S/C17H21FN2/c1-12-5-6-17(13(2)7-12)20(4)16-9-14(11-19-3)8-15(18)10-16/h5-10,19H,11H2,1-4H3. The summed E-state index contributed by atoms with van der Waals surface area (Å²) in [6.07, 6.45) is 0. The largest absolute Gasteiger partial charge is 0.344 e. The molecule has 1 N–H and O–H groups in total. The normalized spacial score (nSPS) is 10.7. The van der Waals surface area contributed by atoms with Crippen molar-refractivity contribution in [3.8, 4) is 0 Å². The van der Waals surface area contributed by atoms with E-state index in [1.165, 1.54) is 11.1 Å². The third-order valence-corrected chi connectivity index (χ3v) is 3.42. The first-order valence-corrected chi connectivity index (χ1v) is 6.76. The Morgan fingerprint density at radius 1 is 1.10 bits per heavy atom. The van der Waals surface area contributed by atoms with Gasteiger partial charge in [-0.25, -0.2) is 4.39 Å². The first-order valence-electron chi connectivity index (χ1n) is 6.76. The quantitative estimate of drug-likeness (QED) is 0.907. The van der Waals surface area contributed by atoms with Gasteiger partial charge in [0.05, 0.1) is 0 Å². The number of anilines is 2. The van der Waals surface area contributed by atoms with E-state index in [-0.39, 0.29) is 5.82 Å². The van der Waals surface area contributed by atoms with Crippen molar-refractivity contribution >= 4 is 11.4 Å². The Labute approximate surface area is 120 Å². The molecule has 0 heterocycles. The van der Waals surface area contributed by atoms with Crippen LogP contribution in [0, 0.1) is 19.7 Å². The van der Waals surface area contributed by atoms with E-state index in [4.69, 9.17) is 0 Å². The van der Waals surface area contributed by atoms with Gasteiger partial charge in [-0.05, 0) is 56.3 Å². The number of aryl methyl sites for hydroxylation is 2. The fourth-order valence-electron chi connectivity index (χ4n) is 2.45. The summed E-state index contributed by atoms with van der Waals surface area (Å²) in [5, 5.41) is 3.05. The van der Waals surface area contributed by atoms with Crippen LogP contribution in [0.5, 0.6) is 0 Å². The molecule has 0 aliphatic heterocycles. The van der Waals surface area contributed by atoms with Crippen molar-refractivity contribution in [1.29, 1.82) is 0 Å². The molecular formula is C17H21FN2. The lowest BCUT2D eigenvalue weighted by Crippen LogP contribution is -2.13. The van der Waals surface area contributed by atoms with Crippen LogP contribution in [0.2, 0.25) is 0 Å². The molecule has 2 aromatic rings. The Morgan fingerprint density at radius 3 is 2.50 bits per heavy atom. The van der Waals surface area contributed by atoms with Crippen molar-refractivity contribution in [3.63, 3.8) is 0 Å². The highest BCUT2D eigenvalue weighted by Crippen LogP contribution is 2.28. The molecule has 2 rings (SSSR count). The minimum absolute atomic E-state index is 0.204. The molecule has 0 unspecified atom stereocenters. The van der Waals surface area contributed by atoms with E-state index in [0.717, 1.165) is 16.9 Å². The van der Waals surface area contributed by atoms with Crippen LogP contribution < -0.4 is 10.2 Å². The Kier molecular flexibility index (Phi) is 4.40. The minimum Gasteiger partial charge on any atom is -0.344 e. The molecule has 2 nitrogen and oxygen atoms in total. The van der Waals surface area contributed by atoms with Crippen LogP contribution in [0.1, 0.15) is 16.7 Å². The summed E-state index contributed by atoms with van der Waals surface area (Å²) in [7, 11) is 3.83. The fraction of sp³-hybridized carbons (Fsp3) is 0.294. The highest BCUT2D eigenvalue weighted by molar-refractivity contribution is 5.66. The summed E-state index contributed by atoms with van der Waals surface area (Å²) >= 11 is 0. The van der Waals surface area contributed by atoms with Gasteiger partial charge < -0.3 is 10.2 Å². The van der Waals surface area contributed by atoms with Gasteiger partial charge in [0.1, 0.15) is 5.82 Å². The maximum atomic E-state index is 13.7. The van der Waals surface area contributed by atoms with E-state index >= 15 is 0 Å². The van der Waals surface area contributed by atoms with Crippen LogP contribution in [0.25, 0.3) is 0 Å². The lowest BCUT2D eigenvalue weighted by atomic mass is 10.1. The third kappa shape index (κ3) is 3.17. The predicted molar refractivity (Wildman–Crippen MR) is 83.1 cm³/mol. The average molecular weight is 272 g/mol. The molecule has 20 heavy (non-hydrogen) atoms. The SMILES string of the molecule is CNCc1cc(F)cc(N(C)c2ccc(C)cc2C)c1. The van der Waals surface area contributed by atoms with Crippen LogP contribution in [0.15, 0.2) is 36.4 Å². The van der Waals surface area contributed by atoms with Crippen molar-refractivity contribution in [2.75, 3.05) is 19.0 Å². The van der Waals surface area contributed by atoms with E-state index in [9.17, 15) is 4.39 Å². The molecule has 2 aromatic carbocycles. The van der Waals surface area contributed by atoms with Gasteiger partial charge in [-0.3, -0.25) is 0 Å². The van der Waals surface area contributed by atoms with Crippen LogP contribution in [-0.2, 0) is 6.54 Å². The molecule has 0 spiro atoms. The van der Waals surface area contributed by atoms with Gasteiger partial charge in [0, 0.05) is 25.0 Å². The first kappa shape index (κ1) is 14.5. The van der Waals surface area contributed by atoms with Gasteiger partial charge in [0.25, 0.3) is 0 Å². The molecule has 106 valence electrons. The lowest BCUT2D eigenvalue weighted by molar-refractivity contribution is 0.624. The number of hydrogen-bond acceptors (Lipinski definition) is 2. The zero-order valence-electron chi connectivity index (χ0n) is 12.5. The van der Waals surface area contributed by atoms with Gasteiger partial charge in [-0.1, -0.05) is 17.7 Å². The zero-order chi connectivity index (χ0) is 14.7. The van der Waals surface area contributed by atoms with Crippen molar-refractivity contribution in [1.82, 2.24) is 5.32 Å². The van der Waals surface area contributed by atoms with E-state index in [2.05, 4.69) is 37.4 Å². The van der Waals surface area contributed by atoms with E-state index < -0.39 is 0 Å². The lowest BCUT2D eigenvalue weighted by Gasteiger charge is -2.23. The molecular weight excluding hydrogens is 251 g/mol. The molecule has 0 amide bonds. The average Bonchev–Trinajstić information content (AvgIpc) is 2.37. The highest BCUT2D eigenvalue weighted by atomic mass is 19.1. The van der Waals surface area contributed by atoms with Crippen molar-refractivity contribution < 1.29 is 4.39 Å². The summed E-state index contributed by atoms with van der Waals surface area (Å²) < 4.78 is 13.7.